The van der Waals surface area contributed by atoms with Gasteiger partial charge in [0.15, 0.2) is 0 Å². The zero-order valence-corrected chi connectivity index (χ0v) is 19.8. The summed E-state index contributed by atoms with van der Waals surface area (Å²) in [4.78, 5) is -0.196. The summed E-state index contributed by atoms with van der Waals surface area (Å²) in [5.41, 5.74) is 0. The summed E-state index contributed by atoms with van der Waals surface area (Å²) < 4.78 is 34.0. The van der Waals surface area contributed by atoms with Gasteiger partial charge in [0, 0.05) is 0 Å². The normalized spacial score (nSPS) is 11.7. The minimum Gasteiger partial charge on any atom is -0.744 e. The second-order valence-corrected chi connectivity index (χ2v) is 8.48. The van der Waals surface area contributed by atoms with E-state index in [1.807, 2.05) is 60.7 Å². The Morgan fingerprint density at radius 3 is 2.04 bits per heavy atom. The van der Waals surface area contributed by atoms with Crippen molar-refractivity contribution >= 4 is 34.0 Å². The first-order valence-electron chi connectivity index (χ1n) is 6.93. The van der Waals surface area contributed by atoms with Gasteiger partial charge in [0.05, 0.1) is 4.90 Å². The standard InChI is InChI=1S/C18H14O3PS.2Na/c19-23(20,21)18-13-7-12-17(14-18)22(15-8-3-1-4-9-15)16-10-5-2-6-11-16;;/h1-5,7-14H,(H,19,20,21);;/q-1;2*+1/p-1. The molecule has 7 heteroatoms. The van der Waals surface area contributed by atoms with Crippen LogP contribution in [0.5, 0.6) is 0 Å². The van der Waals surface area contributed by atoms with Crippen LogP contribution in [0.4, 0.5) is 0 Å². The van der Waals surface area contributed by atoms with Gasteiger partial charge in [-0.1, -0.05) is 50.4 Å². The molecule has 0 N–H and O–H groups in total. The molecule has 0 fully saturated rings. The van der Waals surface area contributed by atoms with Crippen molar-refractivity contribution in [1.82, 2.24) is 0 Å². The van der Waals surface area contributed by atoms with Crippen molar-refractivity contribution in [2.75, 3.05) is 0 Å². The maximum Gasteiger partial charge on any atom is 1.00 e. The van der Waals surface area contributed by atoms with Gasteiger partial charge in [0.25, 0.3) is 0 Å². The van der Waals surface area contributed by atoms with E-state index in [2.05, 4.69) is 6.07 Å². The molecule has 0 aliphatic carbocycles. The van der Waals surface area contributed by atoms with Gasteiger partial charge in [-0.15, -0.1) is 5.30 Å². The van der Waals surface area contributed by atoms with Crippen molar-refractivity contribution < 1.29 is 72.1 Å². The van der Waals surface area contributed by atoms with Gasteiger partial charge >= 0.3 is 59.1 Å². The van der Waals surface area contributed by atoms with E-state index in [-0.39, 0.29) is 64.0 Å². The smallest absolute Gasteiger partial charge is 0.744 e. The molecule has 0 bridgehead atoms. The zero-order valence-electron chi connectivity index (χ0n) is 14.1. The molecule has 0 spiro atoms. The largest absolute Gasteiger partial charge is 1.00 e. The third-order valence-electron chi connectivity index (χ3n) is 3.33. The van der Waals surface area contributed by atoms with Crippen molar-refractivity contribution in [2.24, 2.45) is 0 Å². The van der Waals surface area contributed by atoms with Crippen LogP contribution in [-0.4, -0.2) is 13.0 Å². The summed E-state index contributed by atoms with van der Waals surface area (Å²) in [6.07, 6.45) is 0. The van der Waals surface area contributed by atoms with E-state index in [4.69, 9.17) is 0 Å². The summed E-state index contributed by atoms with van der Waals surface area (Å²) in [5.74, 6) is 0. The van der Waals surface area contributed by atoms with E-state index in [1.54, 1.807) is 6.07 Å². The van der Waals surface area contributed by atoms with E-state index in [0.29, 0.717) is 0 Å². The molecule has 0 heterocycles. The van der Waals surface area contributed by atoms with E-state index < -0.39 is 18.0 Å². The molecule has 116 valence electrons. The van der Waals surface area contributed by atoms with E-state index >= 15 is 0 Å². The number of rotatable bonds is 4. The van der Waals surface area contributed by atoms with Crippen molar-refractivity contribution in [2.45, 2.75) is 4.90 Å². The summed E-state index contributed by atoms with van der Waals surface area (Å²) in [6, 6.07) is 26.8. The molecule has 0 saturated carbocycles. The van der Waals surface area contributed by atoms with E-state index in [0.717, 1.165) is 15.9 Å². The van der Waals surface area contributed by atoms with Crippen LogP contribution in [0, 0.1) is 6.07 Å². The molecule has 25 heavy (non-hydrogen) atoms. The molecule has 0 aliphatic heterocycles. The average Bonchev–Trinajstić information content (AvgIpc) is 2.57. The van der Waals surface area contributed by atoms with E-state index in [1.165, 1.54) is 12.1 Å². The minimum absolute atomic E-state index is 0. The van der Waals surface area contributed by atoms with Crippen LogP contribution in [-0.2, 0) is 10.1 Å². The van der Waals surface area contributed by atoms with Crippen molar-refractivity contribution in [3.05, 3.63) is 84.9 Å². The second-order valence-electron chi connectivity index (χ2n) is 4.88. The molecule has 0 saturated heterocycles. The van der Waals surface area contributed by atoms with Crippen LogP contribution in [0.2, 0.25) is 0 Å². The molecule has 0 aliphatic rings. The van der Waals surface area contributed by atoms with Crippen molar-refractivity contribution in [1.29, 1.82) is 0 Å². The first-order valence-corrected chi connectivity index (χ1v) is 9.68. The van der Waals surface area contributed by atoms with Gasteiger partial charge in [-0.25, -0.2) is 8.42 Å². The van der Waals surface area contributed by atoms with Gasteiger partial charge < -0.3 is 4.55 Å². The minimum atomic E-state index is -4.47. The topological polar surface area (TPSA) is 57.2 Å². The van der Waals surface area contributed by atoms with Crippen LogP contribution in [0.1, 0.15) is 0 Å². The van der Waals surface area contributed by atoms with Crippen LogP contribution < -0.4 is 75.0 Å². The Hall–Kier alpha value is 0.000000000000000444. The van der Waals surface area contributed by atoms with Gasteiger partial charge in [0.2, 0.25) is 0 Å². The molecular formula is C18H13Na2O3PS. The molecule has 1 atom stereocenters. The van der Waals surface area contributed by atoms with Gasteiger partial charge in [-0.2, -0.15) is 30.3 Å². The fraction of sp³-hybridized carbons (Fsp3) is 0. The Bertz CT molecular complexity index is 864. The third-order valence-corrected chi connectivity index (χ3v) is 6.56. The summed E-state index contributed by atoms with van der Waals surface area (Å²) in [6.45, 7) is 0. The molecule has 3 rings (SSSR count). The molecule has 0 radical (unpaired) electrons. The predicted octanol–water partition coefficient (Wildman–Crippen LogP) is -3.84. The van der Waals surface area contributed by atoms with Gasteiger partial charge in [-0.3, -0.25) is 0 Å². The van der Waals surface area contributed by atoms with Crippen LogP contribution in [0.3, 0.4) is 0 Å². The molecule has 3 nitrogen and oxygen atoms in total. The fourth-order valence-electron chi connectivity index (χ4n) is 2.33. The summed E-state index contributed by atoms with van der Waals surface area (Å²) in [7, 11) is -5.41. The SMILES string of the molecule is O=S(=O)([O-])c1cccc(P(c2c[c-]ccc2)c2ccccc2)c1.[Na+].[Na+]. The van der Waals surface area contributed by atoms with Crippen molar-refractivity contribution in [3.8, 4) is 0 Å². The Balaban J connectivity index is 0.00000156. The number of hydrogen-bond donors (Lipinski definition) is 0. The maximum atomic E-state index is 11.3. The first kappa shape index (κ1) is 23.0. The Labute approximate surface area is 194 Å². The average molecular weight is 386 g/mol. The zero-order chi connectivity index (χ0) is 16.3. The Morgan fingerprint density at radius 2 is 1.44 bits per heavy atom. The Kier molecular flexibility index (Phi) is 9.55. The molecular weight excluding hydrogens is 373 g/mol. The summed E-state index contributed by atoms with van der Waals surface area (Å²) in [5, 5.41) is 2.96. The fourth-order valence-corrected chi connectivity index (χ4v) is 5.24. The molecule has 3 aromatic carbocycles. The van der Waals surface area contributed by atoms with E-state index in [9.17, 15) is 13.0 Å². The van der Waals surface area contributed by atoms with Crippen LogP contribution >= 0.6 is 7.92 Å². The van der Waals surface area contributed by atoms with Crippen LogP contribution in [0.25, 0.3) is 0 Å². The van der Waals surface area contributed by atoms with Gasteiger partial charge in [0.1, 0.15) is 10.1 Å². The quantitative estimate of drug-likeness (QED) is 0.200. The molecule has 0 aromatic heterocycles. The van der Waals surface area contributed by atoms with Gasteiger partial charge in [-0.05, 0) is 22.7 Å². The number of hydrogen-bond acceptors (Lipinski definition) is 3. The maximum absolute atomic E-state index is 11.3. The molecule has 3 aromatic rings. The molecule has 1 unspecified atom stereocenters. The molecule has 0 amide bonds. The van der Waals surface area contributed by atoms with Crippen molar-refractivity contribution in [3.63, 3.8) is 0 Å². The second kappa shape index (κ2) is 10.4. The Morgan fingerprint density at radius 1 is 0.800 bits per heavy atom. The number of benzene rings is 3. The van der Waals surface area contributed by atoms with Crippen LogP contribution in [0.15, 0.2) is 83.8 Å². The predicted molar refractivity (Wildman–Crippen MR) is 91.9 cm³/mol. The monoisotopic (exact) mass is 386 g/mol. The first-order chi connectivity index (χ1) is 11.1. The summed E-state index contributed by atoms with van der Waals surface area (Å²) >= 11 is 0. The third kappa shape index (κ3) is 6.00.